The Balaban J connectivity index is 1.19. The first-order valence-electron chi connectivity index (χ1n) is 15.8. The number of likely N-dealkylation sites (N-methyl/N-ethyl adjacent to an activating group) is 1. The first-order chi connectivity index (χ1) is 21.9. The van der Waals surface area contributed by atoms with E-state index in [1.807, 2.05) is 31.2 Å². The molecule has 0 aromatic heterocycles. The number of halogens is 3. The smallest absolute Gasteiger partial charge is 0.504 e. The molecule has 6 atom stereocenters. The standard InChI is InChI=1S/C36H37F3N2O5/c1-22-19-27(40(2)30(43)14-11-24-9-6-10-26(20-24)46-36(37,38)39)33-34-16-18-41(17-15-23-7-4-3-5-8-23)29(35(22,34)44)21-25-12-13-28(42)32(45-33)31(25)34/h3-14,20,22,27,29,33,42,44H,15-19,21H2,1-2H3/t22-,27+,29+,33+,34-,35+/m0/s1. The van der Waals surface area contributed by atoms with E-state index in [0.29, 0.717) is 30.6 Å². The van der Waals surface area contributed by atoms with Crippen LogP contribution in [0.3, 0.4) is 0 Å². The number of phenols is 1. The van der Waals surface area contributed by atoms with Gasteiger partial charge in [-0.15, -0.1) is 13.2 Å². The highest BCUT2D eigenvalue weighted by molar-refractivity contribution is 5.92. The predicted molar refractivity (Wildman–Crippen MR) is 165 cm³/mol. The zero-order valence-corrected chi connectivity index (χ0v) is 25.7. The topological polar surface area (TPSA) is 82.5 Å². The second kappa shape index (κ2) is 11.1. The summed E-state index contributed by atoms with van der Waals surface area (Å²) in [5.74, 6) is -0.508. The first kappa shape index (κ1) is 30.6. The molecule has 0 unspecified atom stereocenters. The zero-order chi connectivity index (χ0) is 32.4. The Morgan fingerprint density at radius 1 is 1.15 bits per heavy atom. The number of hydrogen-bond donors (Lipinski definition) is 2. The number of carbonyl (C=O) groups is 1. The minimum atomic E-state index is -4.82. The first-order valence-corrected chi connectivity index (χ1v) is 15.8. The number of phenolic OH excluding ortho intramolecular Hbond substituents is 1. The number of alkyl halides is 3. The lowest BCUT2D eigenvalue weighted by atomic mass is 9.45. The number of aliphatic hydroxyl groups is 1. The largest absolute Gasteiger partial charge is 0.573 e. The third-order valence-corrected chi connectivity index (χ3v) is 10.9. The van der Waals surface area contributed by atoms with Gasteiger partial charge in [0.15, 0.2) is 11.5 Å². The third-order valence-electron chi connectivity index (χ3n) is 10.9. The monoisotopic (exact) mass is 634 g/mol. The number of benzene rings is 3. The number of nitrogens with zero attached hydrogens (tertiary/aromatic N) is 2. The van der Waals surface area contributed by atoms with E-state index >= 15 is 0 Å². The van der Waals surface area contributed by atoms with Gasteiger partial charge in [-0.05, 0) is 79.1 Å². The Morgan fingerprint density at radius 3 is 2.70 bits per heavy atom. The van der Waals surface area contributed by atoms with Gasteiger partial charge in [-0.1, -0.05) is 55.5 Å². The van der Waals surface area contributed by atoms with Crippen molar-refractivity contribution in [1.29, 1.82) is 0 Å². The van der Waals surface area contributed by atoms with Gasteiger partial charge in [0.25, 0.3) is 0 Å². The van der Waals surface area contributed by atoms with Crippen LogP contribution in [0.2, 0.25) is 0 Å². The number of likely N-dealkylation sites (tertiary alicyclic amines) is 1. The summed E-state index contributed by atoms with van der Waals surface area (Å²) in [4.78, 5) is 17.6. The number of rotatable bonds is 7. The highest BCUT2D eigenvalue weighted by Gasteiger charge is 2.75. The Labute approximate surface area is 265 Å². The van der Waals surface area contributed by atoms with Crippen LogP contribution in [-0.4, -0.2) is 76.2 Å². The molecule has 3 aromatic rings. The van der Waals surface area contributed by atoms with Crippen molar-refractivity contribution in [2.45, 2.75) is 68.2 Å². The van der Waals surface area contributed by atoms with E-state index in [0.717, 1.165) is 30.6 Å². The summed E-state index contributed by atoms with van der Waals surface area (Å²) in [7, 11) is 1.69. The Bertz CT molecular complexity index is 1680. The van der Waals surface area contributed by atoms with Crippen molar-refractivity contribution >= 4 is 12.0 Å². The molecule has 3 aromatic carbocycles. The lowest BCUT2D eigenvalue weighted by molar-refractivity contribution is -0.274. The lowest BCUT2D eigenvalue weighted by Gasteiger charge is -2.66. The molecular formula is C36H37F3N2O5. The SMILES string of the molecule is C[C@H]1C[C@@H](N(C)C(=O)C=Cc2cccc(OC(F)(F)F)c2)[C@H]2Oc3c(O)ccc4c3[C@@]23CCN(CCc2ccccc2)[C@H](C4)[C@]13O. The van der Waals surface area contributed by atoms with E-state index in [2.05, 4.69) is 21.8 Å². The van der Waals surface area contributed by atoms with Gasteiger partial charge in [0.05, 0.1) is 17.1 Å². The Kier molecular flexibility index (Phi) is 7.36. The maximum Gasteiger partial charge on any atom is 0.573 e. The van der Waals surface area contributed by atoms with Crippen molar-refractivity contribution in [3.8, 4) is 17.2 Å². The summed E-state index contributed by atoms with van der Waals surface area (Å²) in [5.41, 5.74) is 1.56. The molecule has 2 heterocycles. The van der Waals surface area contributed by atoms with Gasteiger partial charge in [0, 0.05) is 31.3 Å². The van der Waals surface area contributed by atoms with Gasteiger partial charge >= 0.3 is 6.36 Å². The maximum absolute atomic E-state index is 13.6. The van der Waals surface area contributed by atoms with Crippen LogP contribution in [-0.2, 0) is 23.1 Å². The van der Waals surface area contributed by atoms with Crippen LogP contribution in [0, 0.1) is 5.92 Å². The molecule has 4 aliphatic rings. The molecule has 2 N–H and O–H groups in total. The predicted octanol–water partition coefficient (Wildman–Crippen LogP) is 5.47. The second-order valence-corrected chi connectivity index (χ2v) is 13.1. The van der Waals surface area contributed by atoms with Crippen molar-refractivity contribution in [2.75, 3.05) is 20.1 Å². The number of aromatic hydroxyl groups is 1. The van der Waals surface area contributed by atoms with E-state index < -0.39 is 29.5 Å². The van der Waals surface area contributed by atoms with Gasteiger partial charge in [-0.2, -0.15) is 0 Å². The van der Waals surface area contributed by atoms with Crippen molar-refractivity contribution in [1.82, 2.24) is 9.80 Å². The molecule has 7 nitrogen and oxygen atoms in total. The van der Waals surface area contributed by atoms with E-state index in [1.54, 1.807) is 24.1 Å². The molecule has 1 amide bonds. The average molecular weight is 635 g/mol. The maximum atomic E-state index is 13.6. The fourth-order valence-corrected chi connectivity index (χ4v) is 8.85. The molecule has 242 valence electrons. The molecule has 10 heteroatoms. The van der Waals surface area contributed by atoms with Gasteiger partial charge in [-0.3, -0.25) is 9.69 Å². The summed E-state index contributed by atoms with van der Waals surface area (Å²) in [6.45, 7) is 3.58. The Hall–Kier alpha value is -4.02. The summed E-state index contributed by atoms with van der Waals surface area (Å²) in [6.07, 6.45) is -0.0547. The van der Waals surface area contributed by atoms with Crippen molar-refractivity contribution in [3.63, 3.8) is 0 Å². The summed E-state index contributed by atoms with van der Waals surface area (Å²) >= 11 is 0. The number of ether oxygens (including phenoxy) is 2. The van der Waals surface area contributed by atoms with Crippen LogP contribution >= 0.6 is 0 Å². The summed E-state index contributed by atoms with van der Waals surface area (Å²) in [5, 5.41) is 24.0. The van der Waals surface area contributed by atoms with Crippen molar-refractivity contribution < 1.29 is 37.7 Å². The molecule has 2 fully saturated rings. The van der Waals surface area contributed by atoms with Crippen LogP contribution < -0.4 is 9.47 Å². The Morgan fingerprint density at radius 2 is 1.93 bits per heavy atom. The molecule has 1 saturated carbocycles. The van der Waals surface area contributed by atoms with Crippen molar-refractivity contribution in [2.24, 2.45) is 5.92 Å². The van der Waals surface area contributed by atoms with Crippen LogP contribution in [0.4, 0.5) is 13.2 Å². The van der Waals surface area contributed by atoms with Crippen LogP contribution in [0.5, 0.6) is 17.2 Å². The van der Waals surface area contributed by atoms with Gasteiger partial charge in [0.2, 0.25) is 5.91 Å². The fourth-order valence-electron chi connectivity index (χ4n) is 8.85. The molecule has 1 spiro atoms. The highest BCUT2D eigenvalue weighted by atomic mass is 19.4. The van der Waals surface area contributed by atoms with Crippen LogP contribution in [0.25, 0.3) is 6.08 Å². The highest BCUT2D eigenvalue weighted by Crippen LogP contribution is 2.67. The molecule has 1 saturated heterocycles. The normalized spacial score (nSPS) is 29.7. The quantitative estimate of drug-likeness (QED) is 0.336. The lowest BCUT2D eigenvalue weighted by Crippen LogP contribution is -2.80. The van der Waals surface area contributed by atoms with Gasteiger partial charge in [-0.25, -0.2) is 0 Å². The number of hydrogen-bond acceptors (Lipinski definition) is 6. The average Bonchev–Trinajstić information content (AvgIpc) is 3.37. The van der Waals surface area contributed by atoms with E-state index in [9.17, 15) is 28.2 Å². The number of piperidine rings is 1. The van der Waals surface area contributed by atoms with Gasteiger partial charge in [0.1, 0.15) is 11.9 Å². The zero-order valence-electron chi connectivity index (χ0n) is 25.7. The molecule has 0 radical (unpaired) electrons. The van der Waals surface area contributed by atoms with Crippen LogP contribution in [0.15, 0.2) is 72.8 Å². The summed E-state index contributed by atoms with van der Waals surface area (Å²) in [6, 6.07) is 18.8. The molecule has 2 bridgehead atoms. The summed E-state index contributed by atoms with van der Waals surface area (Å²) < 4.78 is 48.8. The molecule has 46 heavy (non-hydrogen) atoms. The number of carbonyl (C=O) groups excluding carboxylic acids is 1. The molecule has 2 aliphatic carbocycles. The van der Waals surface area contributed by atoms with Gasteiger partial charge < -0.3 is 24.6 Å². The van der Waals surface area contributed by atoms with E-state index in [4.69, 9.17) is 4.74 Å². The van der Waals surface area contributed by atoms with E-state index in [1.165, 1.54) is 35.9 Å². The van der Waals surface area contributed by atoms with E-state index in [-0.39, 0.29) is 29.4 Å². The molecule has 7 rings (SSSR count). The second-order valence-electron chi connectivity index (χ2n) is 13.1. The fraction of sp³-hybridized carbons (Fsp3) is 0.417. The molecular weight excluding hydrogens is 597 g/mol. The minimum absolute atomic E-state index is 0.0241. The third kappa shape index (κ3) is 4.76. The number of amides is 1. The molecule has 2 aliphatic heterocycles. The minimum Gasteiger partial charge on any atom is -0.504 e. The van der Waals surface area contributed by atoms with Crippen LogP contribution in [0.1, 0.15) is 42.0 Å². The van der Waals surface area contributed by atoms with Crippen molar-refractivity contribution in [3.05, 3.63) is 95.1 Å².